The molecule has 5 aliphatic heterocycles. The molecule has 37 heteroatoms. The van der Waals surface area contributed by atoms with E-state index >= 15 is 0 Å². The van der Waals surface area contributed by atoms with Crippen LogP contribution in [0.3, 0.4) is 0 Å². The monoisotopic (exact) mass is 2100 g/mol. The molecule has 754 valence electrons. The fourth-order valence-electron chi connectivity index (χ4n) is 19.2. The highest BCUT2D eigenvalue weighted by Crippen LogP contribution is 2.47. The van der Waals surface area contributed by atoms with Gasteiger partial charge in [-0.15, -0.1) is 0 Å². The molecular formula is C109H109Cl5N16O14SSi. The first-order valence-corrected chi connectivity index (χ1v) is 55.6. The minimum Gasteiger partial charge on any atom is -0.490 e. The van der Waals surface area contributed by atoms with E-state index < -0.39 is 30.2 Å². The van der Waals surface area contributed by atoms with Crippen LogP contribution in [-0.4, -0.2) is 186 Å². The molecule has 1 fully saturated rings. The molecule has 16 aromatic rings. The van der Waals surface area contributed by atoms with Crippen LogP contribution < -0.4 is 29.4 Å². The van der Waals surface area contributed by atoms with Gasteiger partial charge in [-0.3, -0.25) is 29.6 Å². The second-order valence-corrected chi connectivity index (χ2v) is 47.1. The van der Waals surface area contributed by atoms with Crippen molar-refractivity contribution in [2.75, 3.05) is 70.6 Å². The molecule has 1 saturated heterocycles. The average Bonchev–Trinajstić information content (AvgIpc) is 1.59. The number of hydrogen-bond donors (Lipinski definition) is 5. The van der Waals surface area contributed by atoms with Crippen molar-refractivity contribution in [1.29, 1.82) is 0 Å². The Morgan fingerprint density at radius 3 is 1.14 bits per heavy atom. The Labute approximate surface area is 870 Å². The number of carbonyl (C=O) groups excluding carboxylic acids is 4. The lowest BCUT2D eigenvalue weighted by Crippen LogP contribution is -2.43. The topological polar surface area (TPSA) is 359 Å². The van der Waals surface area contributed by atoms with Gasteiger partial charge in [0.25, 0.3) is 0 Å². The van der Waals surface area contributed by atoms with E-state index in [1.54, 1.807) is 73.7 Å². The van der Waals surface area contributed by atoms with E-state index in [-0.39, 0.29) is 48.3 Å². The summed E-state index contributed by atoms with van der Waals surface area (Å²) in [7, 11) is -4.69. The molecule has 0 unspecified atom stereocenters. The molecule has 21 rings (SSSR count). The number of anilines is 1. The number of sulfonamides is 1. The van der Waals surface area contributed by atoms with Crippen molar-refractivity contribution >= 4 is 150 Å². The highest BCUT2D eigenvalue weighted by molar-refractivity contribution is 7.89. The zero-order valence-electron chi connectivity index (χ0n) is 81.8. The molecule has 7 aromatic heterocycles. The van der Waals surface area contributed by atoms with Crippen LogP contribution in [0.5, 0.6) is 46.4 Å². The summed E-state index contributed by atoms with van der Waals surface area (Å²) in [6.45, 7) is 21.6. The van der Waals surface area contributed by atoms with Gasteiger partial charge in [-0.25, -0.2) is 51.8 Å². The van der Waals surface area contributed by atoms with Crippen LogP contribution in [-0.2, 0) is 49.9 Å². The lowest BCUT2D eigenvalue weighted by Gasteiger charge is -2.35. The summed E-state index contributed by atoms with van der Waals surface area (Å²) in [6.07, 6.45) is 10.4. The average molecular weight is 2100 g/mol. The maximum Gasteiger partial charge on any atom is 0.416 e. The Bertz CT molecular complexity index is 7580. The molecule has 30 nitrogen and oxygen atoms in total. The first-order valence-electron chi connectivity index (χ1n) is 48.4. The van der Waals surface area contributed by atoms with Crippen LogP contribution >= 0.6 is 58.0 Å². The van der Waals surface area contributed by atoms with Gasteiger partial charge in [-0.2, -0.15) is 0 Å². The Hall–Kier alpha value is -14.0. The number of rotatable bonds is 20. The largest absolute Gasteiger partial charge is 0.490 e. The van der Waals surface area contributed by atoms with Crippen molar-refractivity contribution in [3.8, 4) is 46.4 Å². The van der Waals surface area contributed by atoms with Gasteiger partial charge in [-0.1, -0.05) is 126 Å². The molecular weight excluding hydrogens is 1990 g/mol. The number of benzene rings is 9. The highest BCUT2D eigenvalue weighted by Gasteiger charge is 2.42. The summed E-state index contributed by atoms with van der Waals surface area (Å²) < 4.78 is 73.2. The summed E-state index contributed by atoms with van der Waals surface area (Å²) >= 11 is 31.2. The van der Waals surface area contributed by atoms with Crippen LogP contribution in [0.4, 0.5) is 25.0 Å². The number of piperidine rings is 1. The van der Waals surface area contributed by atoms with E-state index in [1.807, 2.05) is 204 Å². The third-order valence-corrected chi connectivity index (χ3v) is 31.5. The molecule has 0 radical (unpaired) electrons. The summed E-state index contributed by atoms with van der Waals surface area (Å²) in [5, 5.41) is 7.58. The van der Waals surface area contributed by atoms with Crippen molar-refractivity contribution in [1.82, 2.24) is 73.7 Å². The fraction of sp³-hybridized carbons (Fsp3) is 0.284. The lowest BCUT2D eigenvalue weighted by atomic mass is 9.92. The summed E-state index contributed by atoms with van der Waals surface area (Å²) in [4.78, 5) is 98.5. The van der Waals surface area contributed by atoms with Crippen LogP contribution in [0, 0.1) is 20.8 Å². The van der Waals surface area contributed by atoms with Crippen LogP contribution in [0.25, 0.3) is 43.6 Å². The second kappa shape index (κ2) is 44.5. The van der Waals surface area contributed by atoms with Gasteiger partial charge >= 0.3 is 24.4 Å². The summed E-state index contributed by atoms with van der Waals surface area (Å²) in [6, 6.07) is 60.0. The number of amides is 4. The fourth-order valence-corrected chi connectivity index (χ4v) is 24.5. The number of aryl methyl sites for hydroxylation is 3. The predicted molar refractivity (Wildman–Crippen MR) is 569 cm³/mol. The van der Waals surface area contributed by atoms with Gasteiger partial charge in [0.15, 0.2) is 0 Å². The molecule has 0 aliphatic carbocycles. The molecule has 146 heavy (non-hydrogen) atoms. The maximum atomic E-state index is 13.6. The van der Waals surface area contributed by atoms with E-state index in [1.165, 1.54) is 23.5 Å². The molecule has 5 aliphatic rings. The number of hydrogen-bond acceptors (Lipinski definition) is 21. The normalized spacial score (nSPS) is 16.2. The number of halogens is 5. The van der Waals surface area contributed by atoms with Crippen molar-refractivity contribution in [2.24, 2.45) is 0 Å². The van der Waals surface area contributed by atoms with E-state index in [2.05, 4.69) is 69.5 Å². The van der Waals surface area contributed by atoms with E-state index in [4.69, 9.17) is 102 Å². The number of fused-ring (bicyclic) bond motifs is 12. The number of aromatic amines is 4. The third-order valence-electron chi connectivity index (χ3n) is 26.3. The minimum atomic E-state index is -3.25. The molecule has 4 amide bonds. The van der Waals surface area contributed by atoms with Gasteiger partial charge in [-0.05, 0) is 276 Å². The second-order valence-electron chi connectivity index (χ2n) is 37.2. The van der Waals surface area contributed by atoms with Crippen molar-refractivity contribution < 1.29 is 65.5 Å². The van der Waals surface area contributed by atoms with Gasteiger partial charge in [0.1, 0.15) is 64.8 Å². The first-order chi connectivity index (χ1) is 70.4. The van der Waals surface area contributed by atoms with Gasteiger partial charge in [0.05, 0.1) is 55.0 Å². The zero-order valence-corrected chi connectivity index (χ0v) is 87.4. The molecule has 0 bridgehead atoms. The smallest absolute Gasteiger partial charge is 0.416 e. The number of aromatic nitrogens is 10. The lowest BCUT2D eigenvalue weighted by molar-refractivity contribution is 0.0925. The SMILES string of the molecule is CCOC(=O)N1CCc2c([nH]c3ccc(Cl)cc23)[C@@H]1c1ccc(Oc2cnc(N)cn2)cc1.CCOC(=O)N1CCc2c([nH]c3ccc(Cl)cc23)[C@@H]1c1ccc(Oc2nc(C)cnc2C)cc1.CCOC(=O)N1CCc2c([nH]c3ccc(Cl)cc23)[C@@H]1c1ccc(Oc2nccnc2C)cc1.C[Si](C)(C)CCS(=O)(=O)N1CCC(Oc2ccc([C@H]3c4[nH]c5ccc(Cl)cc5c4CCN3C(=O)Oc3ccc(Cl)cc3)cc2)CC1. The van der Waals surface area contributed by atoms with E-state index in [0.29, 0.717) is 168 Å². The summed E-state index contributed by atoms with van der Waals surface area (Å²) in [5.41, 5.74) is 24.0. The Kier molecular flexibility index (Phi) is 31.1. The Morgan fingerprint density at radius 1 is 0.404 bits per heavy atom. The number of nitrogen functional groups attached to an aromatic ring is 1. The van der Waals surface area contributed by atoms with Crippen LogP contribution in [0.15, 0.2) is 225 Å². The summed E-state index contributed by atoms with van der Waals surface area (Å²) in [5.74, 6) is 4.85. The zero-order chi connectivity index (χ0) is 102. The van der Waals surface area contributed by atoms with Gasteiger partial charge in [0, 0.05) is 157 Å². The van der Waals surface area contributed by atoms with Crippen molar-refractivity contribution in [3.05, 3.63) is 335 Å². The number of carbonyl (C=O) groups is 4. The number of ether oxygens (including phenoxy) is 8. The molecule has 9 aromatic carbocycles. The molecule has 4 atom stereocenters. The van der Waals surface area contributed by atoms with Crippen LogP contribution in [0.1, 0.15) is 142 Å². The quantitative estimate of drug-likeness (QED) is 0.0349. The third kappa shape index (κ3) is 23.1. The van der Waals surface area contributed by atoms with E-state index in [0.717, 1.165) is 130 Å². The maximum absolute atomic E-state index is 13.6. The molecule has 6 N–H and O–H groups in total. The number of nitrogens with one attached hydrogen (secondary N) is 4. The predicted octanol–water partition coefficient (Wildman–Crippen LogP) is 25.2. The molecule has 0 spiro atoms. The van der Waals surface area contributed by atoms with E-state index in [9.17, 15) is 27.6 Å². The Balaban J connectivity index is 0.000000129. The molecule has 12 heterocycles. The van der Waals surface area contributed by atoms with Crippen LogP contribution in [0.2, 0.25) is 50.8 Å². The number of nitrogens with two attached hydrogens (primary N) is 1. The van der Waals surface area contributed by atoms with Gasteiger partial charge < -0.3 is 63.6 Å². The number of H-pyrrole nitrogens is 4. The highest BCUT2D eigenvalue weighted by atomic mass is 35.5. The van der Waals surface area contributed by atoms with Crippen molar-refractivity contribution in [2.45, 2.75) is 136 Å². The number of nitrogens with zero attached hydrogens (tertiary/aromatic N) is 11. The van der Waals surface area contributed by atoms with Crippen molar-refractivity contribution in [3.63, 3.8) is 0 Å². The first kappa shape index (κ1) is 102. The Morgan fingerprint density at radius 2 is 0.760 bits per heavy atom. The van der Waals surface area contributed by atoms with Gasteiger partial charge in [0.2, 0.25) is 27.7 Å². The standard InChI is InChI=1S/C34H39Cl2N3O5SSi.C26H25ClN4O3.C25H23ClN4O3.C24H22ClN5O3/c1-46(2,3)21-20-45(41,42)38-17-14-28(15-18-38)43-26-9-4-23(5-10-26)33-32-29(30-22-25(36)8-13-31(30)37-32)16-19-39(33)34(40)44-27-11-6-24(35)7-12-27;1-4-33-26(32)31-12-11-20-21-13-18(27)7-10-22(21)30-23(20)24(31)17-5-8-19(9-6-17)34-25-16(3)28-14-15(2)29-25;1-3-32-25(31)30-13-10-19-20-14-17(26)6-9-21(20)29-22(19)23(30)16-4-7-18(8-5-16)33-24-15(2)27-11-12-28-24;1-2-32-24(31)30-10-9-17-18-11-15(25)5-8-19(18)29-22(17)23(30)14-3-6-16(7-4-14)33-21-13-27-20(26)12-28-21/h4-13,22,28,33,37H,14-21H2,1-3H3;5-10,13-14,24,30H,4,11-12H2,1-3H3;4-9,11-12,14,23,29H,3,10,13H2,1-2H3;3-8,11-13,23,29H,2,9-10H2,1H3,(H2,26,27)/t33-;24-;2*23-/m0000/s1. The molecule has 0 saturated carbocycles. The minimum absolute atomic E-state index is 0.0696.